The maximum atomic E-state index is 13.6. The molecule has 156 valence electrons. The van der Waals surface area contributed by atoms with Crippen molar-refractivity contribution in [3.05, 3.63) is 71.5 Å². The van der Waals surface area contributed by atoms with Crippen molar-refractivity contribution in [2.24, 2.45) is 5.92 Å². The van der Waals surface area contributed by atoms with Gasteiger partial charge in [-0.1, -0.05) is 42.8 Å². The van der Waals surface area contributed by atoms with Gasteiger partial charge in [-0.05, 0) is 36.6 Å². The van der Waals surface area contributed by atoms with Crippen LogP contribution in [0.3, 0.4) is 0 Å². The Labute approximate surface area is 175 Å². The van der Waals surface area contributed by atoms with Crippen LogP contribution in [-0.2, 0) is 4.79 Å². The summed E-state index contributed by atoms with van der Waals surface area (Å²) in [6, 6.07) is 15.3. The van der Waals surface area contributed by atoms with Crippen LogP contribution < -0.4 is 0 Å². The molecule has 2 saturated heterocycles. The Morgan fingerprint density at radius 1 is 1.07 bits per heavy atom. The van der Waals surface area contributed by atoms with Gasteiger partial charge in [0.05, 0.1) is 18.2 Å². The van der Waals surface area contributed by atoms with Crippen LogP contribution in [0.15, 0.2) is 54.6 Å². The number of aliphatic hydroxyl groups excluding tert-OH is 1. The fourth-order valence-electron chi connectivity index (χ4n) is 5.43. The standard InChI is InChI=1S/C24H25FN2O3/c25-19-11-5-10-18(12-19)22(29)26-14-24(15-26)21(16-6-2-1-3-7-16)20(13-28)27(24)23(30)17-8-4-9-17/h1-3,5-7,10-12,17,20-21,28H,4,8-9,13-15H2/t20-,21-/m1/s1. The second kappa shape index (κ2) is 7.20. The van der Waals surface area contributed by atoms with Crippen LogP contribution in [-0.4, -0.2) is 58.0 Å². The topological polar surface area (TPSA) is 60.9 Å². The van der Waals surface area contributed by atoms with Crippen LogP contribution in [0.4, 0.5) is 4.39 Å². The number of carbonyl (C=O) groups excluding carboxylic acids is 2. The predicted octanol–water partition coefficient (Wildman–Crippen LogP) is 2.81. The zero-order valence-electron chi connectivity index (χ0n) is 16.7. The number of halogens is 1. The normalized spacial score (nSPS) is 24.7. The highest BCUT2D eigenvalue weighted by Crippen LogP contribution is 2.55. The zero-order valence-corrected chi connectivity index (χ0v) is 16.7. The largest absolute Gasteiger partial charge is 0.394 e. The fourth-order valence-corrected chi connectivity index (χ4v) is 5.43. The van der Waals surface area contributed by atoms with Gasteiger partial charge in [0.15, 0.2) is 0 Å². The fraction of sp³-hybridized carbons (Fsp3) is 0.417. The first-order valence-corrected chi connectivity index (χ1v) is 10.6. The molecule has 2 amide bonds. The molecule has 5 nitrogen and oxygen atoms in total. The molecular weight excluding hydrogens is 383 g/mol. The molecule has 0 unspecified atom stereocenters. The molecular formula is C24H25FN2O3. The monoisotopic (exact) mass is 408 g/mol. The number of hydrogen-bond donors (Lipinski definition) is 1. The number of rotatable bonds is 4. The summed E-state index contributed by atoms with van der Waals surface area (Å²) in [5.74, 6) is -0.560. The SMILES string of the molecule is O=C(c1cccc(F)c1)N1CC2(C1)[C@H](c1ccccc1)[C@@H](CO)N2C(=O)C1CCC1. The molecule has 6 heteroatoms. The van der Waals surface area contributed by atoms with E-state index in [4.69, 9.17) is 0 Å². The zero-order chi connectivity index (χ0) is 20.9. The van der Waals surface area contributed by atoms with E-state index in [9.17, 15) is 19.1 Å². The molecule has 1 N–H and O–H groups in total. The minimum atomic E-state index is -0.496. The Balaban J connectivity index is 1.43. The smallest absolute Gasteiger partial charge is 0.254 e. The van der Waals surface area contributed by atoms with Gasteiger partial charge in [-0.3, -0.25) is 9.59 Å². The molecule has 30 heavy (non-hydrogen) atoms. The van der Waals surface area contributed by atoms with Crippen molar-refractivity contribution in [3.8, 4) is 0 Å². The number of aliphatic hydroxyl groups is 1. The third-order valence-electron chi connectivity index (χ3n) is 7.10. The highest BCUT2D eigenvalue weighted by atomic mass is 19.1. The molecule has 2 aromatic carbocycles. The van der Waals surface area contributed by atoms with E-state index < -0.39 is 11.4 Å². The summed E-state index contributed by atoms with van der Waals surface area (Å²) in [7, 11) is 0. The maximum absolute atomic E-state index is 13.6. The highest BCUT2D eigenvalue weighted by Gasteiger charge is 2.68. The van der Waals surface area contributed by atoms with E-state index in [1.54, 1.807) is 11.0 Å². The summed E-state index contributed by atoms with van der Waals surface area (Å²) in [5, 5.41) is 10.1. The van der Waals surface area contributed by atoms with Crippen molar-refractivity contribution in [2.45, 2.75) is 36.8 Å². The summed E-state index contributed by atoms with van der Waals surface area (Å²) < 4.78 is 13.6. The Bertz CT molecular complexity index is 969. The van der Waals surface area contributed by atoms with E-state index in [2.05, 4.69) is 0 Å². The second-order valence-electron chi connectivity index (χ2n) is 8.75. The van der Waals surface area contributed by atoms with Crippen molar-refractivity contribution >= 4 is 11.8 Å². The number of amides is 2. The van der Waals surface area contributed by atoms with Gasteiger partial charge in [-0.2, -0.15) is 0 Å². The lowest BCUT2D eigenvalue weighted by Crippen LogP contribution is -2.86. The molecule has 3 fully saturated rings. The van der Waals surface area contributed by atoms with Crippen LogP contribution >= 0.6 is 0 Å². The minimum absolute atomic E-state index is 0.0238. The first-order valence-electron chi connectivity index (χ1n) is 10.6. The van der Waals surface area contributed by atoms with Gasteiger partial charge in [0.25, 0.3) is 5.91 Å². The Kier molecular flexibility index (Phi) is 4.62. The molecule has 2 aliphatic heterocycles. The van der Waals surface area contributed by atoms with Crippen LogP contribution in [0.2, 0.25) is 0 Å². The van der Waals surface area contributed by atoms with Crippen LogP contribution in [0, 0.1) is 11.7 Å². The number of nitrogens with zero attached hydrogens (tertiary/aromatic N) is 2. The predicted molar refractivity (Wildman–Crippen MR) is 109 cm³/mol. The summed E-state index contributed by atoms with van der Waals surface area (Å²) in [5.41, 5.74) is 0.896. The quantitative estimate of drug-likeness (QED) is 0.846. The van der Waals surface area contributed by atoms with Crippen LogP contribution in [0.25, 0.3) is 0 Å². The average molecular weight is 408 g/mol. The summed E-state index contributed by atoms with van der Waals surface area (Å²) in [4.78, 5) is 29.6. The average Bonchev–Trinajstić information content (AvgIpc) is 2.65. The lowest BCUT2D eigenvalue weighted by molar-refractivity contribution is -0.199. The summed E-state index contributed by atoms with van der Waals surface area (Å²) in [6.07, 6.45) is 2.85. The molecule has 1 saturated carbocycles. The first-order chi connectivity index (χ1) is 14.5. The van der Waals surface area contributed by atoms with Gasteiger partial charge in [-0.15, -0.1) is 0 Å². The van der Waals surface area contributed by atoms with E-state index in [-0.39, 0.29) is 36.3 Å². The summed E-state index contributed by atoms with van der Waals surface area (Å²) >= 11 is 0. The molecule has 3 aliphatic rings. The molecule has 1 aliphatic carbocycles. The van der Waals surface area contributed by atoms with E-state index >= 15 is 0 Å². The van der Waals surface area contributed by atoms with Crippen molar-refractivity contribution in [1.29, 1.82) is 0 Å². The lowest BCUT2D eigenvalue weighted by Gasteiger charge is -2.71. The van der Waals surface area contributed by atoms with Crippen molar-refractivity contribution in [2.75, 3.05) is 19.7 Å². The highest BCUT2D eigenvalue weighted by molar-refractivity contribution is 5.95. The van der Waals surface area contributed by atoms with Crippen LogP contribution in [0.1, 0.15) is 41.1 Å². The number of hydrogen-bond acceptors (Lipinski definition) is 3. The van der Waals surface area contributed by atoms with Gasteiger partial charge in [0.1, 0.15) is 5.82 Å². The van der Waals surface area contributed by atoms with E-state index in [0.717, 1.165) is 24.8 Å². The maximum Gasteiger partial charge on any atom is 0.254 e. The van der Waals surface area contributed by atoms with Crippen molar-refractivity contribution in [3.63, 3.8) is 0 Å². The first kappa shape index (κ1) is 19.2. The van der Waals surface area contributed by atoms with Crippen molar-refractivity contribution < 1.29 is 19.1 Å². The Morgan fingerprint density at radius 2 is 1.80 bits per heavy atom. The summed E-state index contributed by atoms with van der Waals surface area (Å²) in [6.45, 7) is 0.700. The molecule has 0 aromatic heterocycles. The van der Waals surface area contributed by atoms with E-state index in [1.807, 2.05) is 35.2 Å². The van der Waals surface area contributed by atoms with E-state index in [0.29, 0.717) is 18.7 Å². The number of benzene rings is 2. The van der Waals surface area contributed by atoms with Gasteiger partial charge >= 0.3 is 0 Å². The molecule has 0 bridgehead atoms. The molecule has 1 spiro atoms. The number of carbonyl (C=O) groups is 2. The molecule has 5 rings (SSSR count). The van der Waals surface area contributed by atoms with E-state index in [1.165, 1.54) is 18.2 Å². The van der Waals surface area contributed by atoms with Gasteiger partial charge in [0.2, 0.25) is 5.91 Å². The van der Waals surface area contributed by atoms with Gasteiger partial charge < -0.3 is 14.9 Å². The van der Waals surface area contributed by atoms with Crippen LogP contribution in [0.5, 0.6) is 0 Å². The van der Waals surface area contributed by atoms with Gasteiger partial charge in [0, 0.05) is 30.5 Å². The third kappa shape index (κ3) is 2.77. The minimum Gasteiger partial charge on any atom is -0.394 e. The molecule has 2 aromatic rings. The third-order valence-corrected chi connectivity index (χ3v) is 7.10. The molecule has 2 heterocycles. The second-order valence-corrected chi connectivity index (χ2v) is 8.75. The Morgan fingerprint density at radius 3 is 2.40 bits per heavy atom. The Hall–Kier alpha value is -2.73. The van der Waals surface area contributed by atoms with Gasteiger partial charge in [-0.25, -0.2) is 4.39 Å². The lowest BCUT2D eigenvalue weighted by atomic mass is 9.59. The molecule has 0 radical (unpaired) electrons. The van der Waals surface area contributed by atoms with Crippen molar-refractivity contribution in [1.82, 2.24) is 9.80 Å². The number of likely N-dealkylation sites (tertiary alicyclic amines) is 2. The molecule has 2 atom stereocenters.